The maximum Gasteiger partial charge on any atom is 0.243 e. The molecule has 1 N–H and O–H groups in total. The summed E-state index contributed by atoms with van der Waals surface area (Å²) in [6, 6.07) is 12.9. The summed E-state index contributed by atoms with van der Waals surface area (Å²) >= 11 is 0. The largest absolute Gasteiger partial charge is 0.497 e. The number of rotatable bonds is 11. The van der Waals surface area contributed by atoms with Crippen LogP contribution in [0.15, 0.2) is 42.5 Å². The molecule has 7 nitrogen and oxygen atoms in total. The molecule has 2 aromatic rings. The van der Waals surface area contributed by atoms with E-state index in [0.29, 0.717) is 38.3 Å². The number of carbonyl (C=O) groups is 2. The van der Waals surface area contributed by atoms with Gasteiger partial charge in [-0.3, -0.25) is 9.59 Å². The Morgan fingerprint density at radius 2 is 1.79 bits per heavy atom. The van der Waals surface area contributed by atoms with Crippen molar-refractivity contribution in [2.45, 2.75) is 65.1 Å². The molecule has 1 aliphatic heterocycles. The van der Waals surface area contributed by atoms with Gasteiger partial charge < -0.3 is 24.4 Å². The number of aryl methyl sites for hydroxylation is 1. The molecule has 0 spiro atoms. The number of nitrogens with zero attached hydrogens (tertiary/aromatic N) is 1. The van der Waals surface area contributed by atoms with Gasteiger partial charge in [0.1, 0.15) is 25.0 Å². The maximum absolute atomic E-state index is 13.5. The van der Waals surface area contributed by atoms with E-state index < -0.39 is 6.04 Å². The molecule has 0 aliphatic carbocycles. The molecular weight excluding hydrogens is 432 g/mol. The van der Waals surface area contributed by atoms with Crippen LogP contribution in [0.4, 0.5) is 0 Å². The second-order valence-electron chi connectivity index (χ2n) is 8.59. The van der Waals surface area contributed by atoms with E-state index in [1.54, 1.807) is 12.0 Å². The van der Waals surface area contributed by atoms with Gasteiger partial charge in [-0.15, -0.1) is 0 Å². The van der Waals surface area contributed by atoms with E-state index in [0.717, 1.165) is 29.0 Å². The van der Waals surface area contributed by atoms with Gasteiger partial charge in [0, 0.05) is 19.0 Å². The third kappa shape index (κ3) is 6.65. The minimum absolute atomic E-state index is 0.0491. The first kappa shape index (κ1) is 25.4. The smallest absolute Gasteiger partial charge is 0.243 e. The fourth-order valence-electron chi connectivity index (χ4n) is 3.97. The summed E-state index contributed by atoms with van der Waals surface area (Å²) in [6.07, 6.45) is 2.20. The van der Waals surface area contributed by atoms with Gasteiger partial charge in [-0.25, -0.2) is 0 Å². The Morgan fingerprint density at radius 1 is 1.03 bits per heavy atom. The first-order chi connectivity index (χ1) is 16.4. The summed E-state index contributed by atoms with van der Waals surface area (Å²) in [6.45, 7) is 7.34. The number of amides is 2. The Hall–Kier alpha value is -3.22. The second-order valence-corrected chi connectivity index (χ2v) is 8.59. The van der Waals surface area contributed by atoms with Crippen LogP contribution in [0, 0.1) is 0 Å². The van der Waals surface area contributed by atoms with Crippen LogP contribution in [0.25, 0.3) is 0 Å². The summed E-state index contributed by atoms with van der Waals surface area (Å²) in [7, 11) is 1.61. The lowest BCUT2D eigenvalue weighted by molar-refractivity contribution is -0.141. The van der Waals surface area contributed by atoms with Crippen LogP contribution < -0.4 is 19.5 Å². The van der Waals surface area contributed by atoms with Crippen molar-refractivity contribution in [3.8, 4) is 17.2 Å². The lowest BCUT2D eigenvalue weighted by atomic mass is 10.0. The topological polar surface area (TPSA) is 77.1 Å². The van der Waals surface area contributed by atoms with E-state index in [-0.39, 0.29) is 24.3 Å². The molecule has 2 atom stereocenters. The Labute approximate surface area is 202 Å². The first-order valence-electron chi connectivity index (χ1n) is 12.1. The highest BCUT2D eigenvalue weighted by Crippen LogP contribution is 2.31. The molecule has 7 heteroatoms. The van der Waals surface area contributed by atoms with E-state index in [4.69, 9.17) is 14.2 Å². The molecule has 0 fully saturated rings. The van der Waals surface area contributed by atoms with Crippen LogP contribution >= 0.6 is 0 Å². The highest BCUT2D eigenvalue weighted by molar-refractivity contribution is 5.88. The zero-order valence-corrected chi connectivity index (χ0v) is 20.6. The van der Waals surface area contributed by atoms with Gasteiger partial charge in [-0.1, -0.05) is 32.0 Å². The Balaban J connectivity index is 1.77. The van der Waals surface area contributed by atoms with E-state index in [1.165, 1.54) is 0 Å². The Bertz CT molecular complexity index is 977. The highest BCUT2D eigenvalue weighted by Gasteiger charge is 2.29. The lowest BCUT2D eigenvalue weighted by Crippen LogP contribution is -2.50. The molecular formula is C27H36N2O5. The van der Waals surface area contributed by atoms with Crippen molar-refractivity contribution >= 4 is 11.8 Å². The monoisotopic (exact) mass is 468 g/mol. The van der Waals surface area contributed by atoms with Crippen molar-refractivity contribution in [1.82, 2.24) is 10.2 Å². The third-order valence-electron chi connectivity index (χ3n) is 6.11. The standard InChI is InChI=1S/C27H36N2O5/c1-5-19(3)28-27(31)23(6-2)29(18-21-8-7-9-22(16-21)32-4)26(30)13-11-20-10-12-24-25(17-20)34-15-14-33-24/h7-10,12,16-17,19,23H,5-6,11,13-15,18H2,1-4H3,(H,28,31)/t19-,23-/m1/s1. The van der Waals surface area contributed by atoms with Crippen LogP contribution in [-0.4, -0.2) is 49.1 Å². The molecule has 1 heterocycles. The molecule has 34 heavy (non-hydrogen) atoms. The number of hydrogen-bond acceptors (Lipinski definition) is 5. The van der Waals surface area contributed by atoms with E-state index in [2.05, 4.69) is 5.32 Å². The summed E-state index contributed by atoms with van der Waals surface area (Å²) in [5.41, 5.74) is 1.91. The number of benzene rings is 2. The zero-order chi connectivity index (χ0) is 24.5. The zero-order valence-electron chi connectivity index (χ0n) is 20.6. The van der Waals surface area contributed by atoms with Crippen LogP contribution in [0.1, 0.15) is 51.2 Å². The summed E-state index contributed by atoms with van der Waals surface area (Å²) in [4.78, 5) is 28.3. The van der Waals surface area contributed by atoms with Gasteiger partial charge in [0.05, 0.1) is 7.11 Å². The van der Waals surface area contributed by atoms with Crippen LogP contribution in [0.2, 0.25) is 0 Å². The SMILES string of the molecule is CC[C@@H](C)NC(=O)[C@@H](CC)N(Cc1cccc(OC)c1)C(=O)CCc1ccc2c(c1)OCCO2. The molecule has 1 aliphatic rings. The molecule has 0 saturated carbocycles. The average molecular weight is 469 g/mol. The predicted octanol–water partition coefficient (Wildman–Crippen LogP) is 4.12. The molecule has 0 aromatic heterocycles. The van der Waals surface area contributed by atoms with Crippen molar-refractivity contribution in [3.05, 3.63) is 53.6 Å². The number of hydrogen-bond donors (Lipinski definition) is 1. The van der Waals surface area contributed by atoms with Crippen molar-refractivity contribution in [3.63, 3.8) is 0 Å². The van der Waals surface area contributed by atoms with E-state index in [9.17, 15) is 9.59 Å². The van der Waals surface area contributed by atoms with Gasteiger partial charge in [0.25, 0.3) is 0 Å². The maximum atomic E-state index is 13.5. The molecule has 184 valence electrons. The average Bonchev–Trinajstić information content (AvgIpc) is 2.86. The molecule has 0 saturated heterocycles. The minimum atomic E-state index is -0.548. The molecule has 3 rings (SSSR count). The number of methoxy groups -OCH3 is 1. The minimum Gasteiger partial charge on any atom is -0.497 e. The fourth-order valence-corrected chi connectivity index (χ4v) is 3.97. The number of ether oxygens (including phenoxy) is 3. The molecule has 0 radical (unpaired) electrons. The highest BCUT2D eigenvalue weighted by atomic mass is 16.6. The Kier molecular flexibility index (Phi) is 9.19. The summed E-state index contributed by atoms with van der Waals surface area (Å²) in [5.74, 6) is 1.98. The number of carbonyl (C=O) groups excluding carboxylic acids is 2. The lowest BCUT2D eigenvalue weighted by Gasteiger charge is -2.31. The Morgan fingerprint density at radius 3 is 2.50 bits per heavy atom. The van der Waals surface area contributed by atoms with Crippen molar-refractivity contribution in [2.24, 2.45) is 0 Å². The third-order valence-corrected chi connectivity index (χ3v) is 6.11. The van der Waals surface area contributed by atoms with E-state index in [1.807, 2.05) is 63.2 Å². The van der Waals surface area contributed by atoms with Crippen molar-refractivity contribution in [2.75, 3.05) is 20.3 Å². The van der Waals surface area contributed by atoms with Crippen molar-refractivity contribution < 1.29 is 23.8 Å². The van der Waals surface area contributed by atoms with E-state index >= 15 is 0 Å². The molecule has 0 unspecified atom stereocenters. The van der Waals surface area contributed by atoms with Gasteiger partial charge in [-0.2, -0.15) is 0 Å². The summed E-state index contributed by atoms with van der Waals surface area (Å²) in [5, 5.41) is 3.04. The number of nitrogens with one attached hydrogen (secondary N) is 1. The van der Waals surface area contributed by atoms with Crippen LogP contribution in [0.3, 0.4) is 0 Å². The van der Waals surface area contributed by atoms with Crippen molar-refractivity contribution in [1.29, 1.82) is 0 Å². The fraction of sp³-hybridized carbons (Fsp3) is 0.481. The van der Waals surface area contributed by atoms with Crippen LogP contribution in [-0.2, 0) is 22.6 Å². The summed E-state index contributed by atoms with van der Waals surface area (Å²) < 4.78 is 16.6. The molecule has 0 bridgehead atoms. The van der Waals surface area contributed by atoms with Gasteiger partial charge in [-0.05, 0) is 61.6 Å². The van der Waals surface area contributed by atoms with Gasteiger partial charge >= 0.3 is 0 Å². The predicted molar refractivity (Wildman–Crippen MR) is 131 cm³/mol. The second kappa shape index (κ2) is 12.3. The van der Waals surface area contributed by atoms with Crippen LogP contribution in [0.5, 0.6) is 17.2 Å². The quantitative estimate of drug-likeness (QED) is 0.537. The molecule has 2 aromatic carbocycles. The van der Waals surface area contributed by atoms with Gasteiger partial charge in [0.15, 0.2) is 11.5 Å². The van der Waals surface area contributed by atoms with Gasteiger partial charge in [0.2, 0.25) is 11.8 Å². The molecule has 2 amide bonds. The number of fused-ring (bicyclic) bond motifs is 1. The normalized spacial score (nSPS) is 14.1. The first-order valence-corrected chi connectivity index (χ1v) is 12.1.